The molecule has 0 aromatic rings. The number of esters is 3. The summed E-state index contributed by atoms with van der Waals surface area (Å²) in [7, 11) is 0. The van der Waals surface area contributed by atoms with Crippen LogP contribution in [-0.2, 0) is 33.4 Å². The molecule has 0 aliphatic carbocycles. The van der Waals surface area contributed by atoms with Gasteiger partial charge < -0.3 is 25.1 Å². The lowest BCUT2D eigenvalue weighted by Gasteiger charge is -2.06. The Morgan fingerprint density at radius 2 is 1.40 bits per heavy atom. The molecule has 0 radical (unpaired) electrons. The molecule has 0 atom stereocenters. The van der Waals surface area contributed by atoms with Crippen LogP contribution in [0, 0.1) is 0 Å². The van der Waals surface area contributed by atoms with E-state index in [1.165, 1.54) is 0 Å². The predicted octanol–water partition coefficient (Wildman–Crippen LogP) is 0.174. The topological polar surface area (TPSA) is 142 Å². The molecule has 0 bridgehead atoms. The van der Waals surface area contributed by atoms with Crippen molar-refractivity contribution in [1.82, 2.24) is 0 Å². The highest BCUT2D eigenvalue weighted by Crippen LogP contribution is 2.13. The molecule has 9 nitrogen and oxygen atoms in total. The van der Waals surface area contributed by atoms with E-state index in [1.54, 1.807) is 13.8 Å². The number of nitrogens with two attached hydrogens (primary N) is 1. The summed E-state index contributed by atoms with van der Waals surface area (Å²) in [5, 5.41) is 7.12. The highest BCUT2D eigenvalue weighted by atomic mass is 19.4. The maximum absolute atomic E-state index is 11.4. The van der Waals surface area contributed by atoms with Crippen LogP contribution in [0.1, 0.15) is 13.8 Å². The van der Waals surface area contributed by atoms with Crippen LogP contribution in [0.25, 0.3) is 0 Å². The molecule has 0 aromatic heterocycles. The number of carboxylic acids is 1. The van der Waals surface area contributed by atoms with Gasteiger partial charge in [0.2, 0.25) is 0 Å². The zero-order valence-corrected chi connectivity index (χ0v) is 13.4. The molecule has 12 heteroatoms. The second-order valence-corrected chi connectivity index (χ2v) is 3.76. The Balaban J connectivity index is 0. The van der Waals surface area contributed by atoms with Crippen LogP contribution in [0.3, 0.4) is 0 Å². The van der Waals surface area contributed by atoms with Crippen LogP contribution >= 0.6 is 0 Å². The molecule has 3 N–H and O–H groups in total. The largest absolute Gasteiger partial charge is 0.490 e. The van der Waals surface area contributed by atoms with Crippen molar-refractivity contribution >= 4 is 23.9 Å². The molecule has 0 saturated carbocycles. The van der Waals surface area contributed by atoms with Crippen LogP contribution in [0.5, 0.6) is 0 Å². The number of alkyl halides is 3. The van der Waals surface area contributed by atoms with Gasteiger partial charge in [0.25, 0.3) is 0 Å². The summed E-state index contributed by atoms with van der Waals surface area (Å²) in [4.78, 5) is 43.0. The molecule has 25 heavy (non-hydrogen) atoms. The number of carbonyl (C=O) groups is 4. The van der Waals surface area contributed by atoms with Crippen molar-refractivity contribution < 1.29 is 51.7 Å². The monoisotopic (exact) mass is 373 g/mol. The maximum atomic E-state index is 11.4. The van der Waals surface area contributed by atoms with Gasteiger partial charge in [0.1, 0.15) is 6.61 Å². The average Bonchev–Trinajstić information content (AvgIpc) is 2.50. The third-order valence-electron chi connectivity index (χ3n) is 1.86. The maximum Gasteiger partial charge on any atom is 0.490 e. The van der Waals surface area contributed by atoms with E-state index in [0.717, 1.165) is 6.08 Å². The minimum absolute atomic E-state index is 0.00569. The smallest absolute Gasteiger partial charge is 0.475 e. The average molecular weight is 373 g/mol. The Kier molecular flexibility index (Phi) is 12.6. The SMILES string of the molecule is CCOC(=O)C(=CC(=O)OCCN)C(=O)OCC.O=C(O)C(F)(F)F. The van der Waals surface area contributed by atoms with E-state index in [0.29, 0.717) is 0 Å². The molecule has 0 aliphatic heterocycles. The second-order valence-electron chi connectivity index (χ2n) is 3.76. The molecule has 0 heterocycles. The van der Waals surface area contributed by atoms with Crippen LogP contribution < -0.4 is 5.73 Å². The minimum atomic E-state index is -5.08. The number of hydrogen-bond donors (Lipinski definition) is 2. The molecule has 0 saturated heterocycles. The fraction of sp³-hybridized carbons (Fsp3) is 0.538. The number of carbonyl (C=O) groups excluding carboxylic acids is 3. The zero-order chi connectivity index (χ0) is 20.0. The van der Waals surface area contributed by atoms with Crippen molar-refractivity contribution in [2.45, 2.75) is 20.0 Å². The number of rotatable bonds is 7. The van der Waals surface area contributed by atoms with Crippen molar-refractivity contribution in [3.05, 3.63) is 11.6 Å². The Morgan fingerprint density at radius 3 is 1.68 bits per heavy atom. The lowest BCUT2D eigenvalue weighted by atomic mass is 10.2. The van der Waals surface area contributed by atoms with Crippen molar-refractivity contribution in [1.29, 1.82) is 0 Å². The standard InChI is InChI=1S/C11H17NO6.C2HF3O2/c1-3-16-10(14)8(11(15)17-4-2)7-9(13)18-6-5-12;3-2(4,5)1(6)7/h7H,3-6,12H2,1-2H3;(H,6,7). The van der Waals surface area contributed by atoms with Crippen LogP contribution in [0.2, 0.25) is 0 Å². The Labute approximate surface area is 140 Å². The summed E-state index contributed by atoms with van der Waals surface area (Å²) < 4.78 is 45.6. The molecule has 0 amide bonds. The fourth-order valence-corrected chi connectivity index (χ4v) is 0.938. The van der Waals surface area contributed by atoms with Crippen molar-refractivity contribution in [2.24, 2.45) is 5.73 Å². The predicted molar refractivity (Wildman–Crippen MR) is 75.1 cm³/mol. The zero-order valence-electron chi connectivity index (χ0n) is 13.4. The first-order valence-corrected chi connectivity index (χ1v) is 6.74. The fourth-order valence-electron chi connectivity index (χ4n) is 0.938. The number of hydrogen-bond acceptors (Lipinski definition) is 8. The van der Waals surface area contributed by atoms with Gasteiger partial charge in [-0.2, -0.15) is 13.2 Å². The van der Waals surface area contributed by atoms with E-state index in [1.807, 2.05) is 0 Å². The van der Waals surface area contributed by atoms with Gasteiger partial charge in [0.15, 0.2) is 5.57 Å². The van der Waals surface area contributed by atoms with Gasteiger partial charge in [-0.1, -0.05) is 0 Å². The molecular formula is C13H18F3NO8. The van der Waals surface area contributed by atoms with Gasteiger partial charge in [0.05, 0.1) is 13.2 Å². The van der Waals surface area contributed by atoms with Crippen LogP contribution in [0.4, 0.5) is 13.2 Å². The van der Waals surface area contributed by atoms with Crippen LogP contribution in [0.15, 0.2) is 11.6 Å². The molecule has 0 unspecified atom stereocenters. The van der Waals surface area contributed by atoms with E-state index < -0.39 is 35.6 Å². The third kappa shape index (κ3) is 12.5. The summed E-state index contributed by atoms with van der Waals surface area (Å²) in [6.07, 6.45) is -4.34. The third-order valence-corrected chi connectivity index (χ3v) is 1.86. The molecule has 0 spiro atoms. The summed E-state index contributed by atoms with van der Waals surface area (Å²) in [5.41, 5.74) is 4.64. The van der Waals surface area contributed by atoms with Crippen molar-refractivity contribution in [3.8, 4) is 0 Å². The van der Waals surface area contributed by atoms with E-state index in [-0.39, 0.29) is 26.4 Å². The van der Waals surface area contributed by atoms with Crippen molar-refractivity contribution in [3.63, 3.8) is 0 Å². The molecule has 0 aromatic carbocycles. The Bertz CT molecular complexity index is 482. The van der Waals surface area contributed by atoms with Gasteiger partial charge in [-0.05, 0) is 13.8 Å². The molecule has 0 aliphatic rings. The van der Waals surface area contributed by atoms with Gasteiger partial charge >= 0.3 is 30.1 Å². The number of aliphatic carboxylic acids is 1. The quantitative estimate of drug-likeness (QED) is 0.210. The van der Waals surface area contributed by atoms with Gasteiger partial charge in [-0.25, -0.2) is 19.2 Å². The Hall–Kier alpha value is -2.63. The normalized spacial score (nSPS) is 9.84. The summed E-state index contributed by atoms with van der Waals surface area (Å²) in [5.74, 6) is -5.47. The summed E-state index contributed by atoms with van der Waals surface area (Å²) >= 11 is 0. The van der Waals surface area contributed by atoms with Gasteiger partial charge in [-0.3, -0.25) is 0 Å². The van der Waals surface area contributed by atoms with Crippen molar-refractivity contribution in [2.75, 3.05) is 26.4 Å². The molecule has 0 fully saturated rings. The highest BCUT2D eigenvalue weighted by molar-refractivity contribution is 6.17. The van der Waals surface area contributed by atoms with E-state index >= 15 is 0 Å². The first kappa shape index (κ1) is 24.6. The molecule has 0 rings (SSSR count). The summed E-state index contributed by atoms with van der Waals surface area (Å²) in [6, 6.07) is 0. The number of ether oxygens (including phenoxy) is 3. The van der Waals surface area contributed by atoms with E-state index in [2.05, 4.69) is 14.2 Å². The lowest BCUT2D eigenvalue weighted by molar-refractivity contribution is -0.192. The van der Waals surface area contributed by atoms with Crippen LogP contribution in [-0.4, -0.2) is 61.5 Å². The number of carboxylic acid groups (broad SMARTS) is 1. The van der Waals surface area contributed by atoms with E-state index in [9.17, 15) is 27.6 Å². The highest BCUT2D eigenvalue weighted by Gasteiger charge is 2.38. The molecular weight excluding hydrogens is 355 g/mol. The summed E-state index contributed by atoms with van der Waals surface area (Å²) in [6.45, 7) is 3.45. The van der Waals surface area contributed by atoms with Gasteiger partial charge in [0, 0.05) is 12.6 Å². The minimum Gasteiger partial charge on any atom is -0.475 e. The van der Waals surface area contributed by atoms with E-state index in [4.69, 9.17) is 15.6 Å². The molecule has 144 valence electrons. The lowest BCUT2D eigenvalue weighted by Crippen LogP contribution is -2.21. The van der Waals surface area contributed by atoms with Gasteiger partial charge in [-0.15, -0.1) is 0 Å². The first-order chi connectivity index (χ1) is 11.5. The first-order valence-electron chi connectivity index (χ1n) is 6.74. The number of halogens is 3. The Morgan fingerprint density at radius 1 is 1.00 bits per heavy atom. The second kappa shape index (κ2) is 12.8.